The van der Waals surface area contributed by atoms with E-state index in [1.165, 1.54) is 18.4 Å². The number of carbonyl (C=O) groups excluding carboxylic acids is 2. The normalized spacial score (nSPS) is 15.9. The molecule has 1 atom stereocenters. The van der Waals surface area contributed by atoms with E-state index in [1.807, 2.05) is 30.2 Å². The lowest BCUT2D eigenvalue weighted by molar-refractivity contribution is 0.0466. The minimum Gasteiger partial charge on any atom is -0.444 e. The molecule has 2 aliphatic rings. The molecule has 1 aliphatic heterocycles. The Balaban J connectivity index is 1.19. The zero-order valence-electron chi connectivity index (χ0n) is 27.9. The average molecular weight is 652 g/mol. The van der Waals surface area contributed by atoms with Crippen molar-refractivity contribution in [3.05, 3.63) is 77.9 Å². The third-order valence-electron chi connectivity index (χ3n) is 9.11. The van der Waals surface area contributed by atoms with E-state index in [4.69, 9.17) is 9.72 Å². The summed E-state index contributed by atoms with van der Waals surface area (Å²) in [5, 5.41) is 3.74. The van der Waals surface area contributed by atoms with Gasteiger partial charge in [0.05, 0.1) is 34.6 Å². The van der Waals surface area contributed by atoms with Gasteiger partial charge in [0.2, 0.25) is 0 Å². The fourth-order valence-corrected chi connectivity index (χ4v) is 6.61. The molecule has 3 aromatic heterocycles. The number of alkyl halides is 1. The smallest absolute Gasteiger partial charge is 0.408 e. The first kappa shape index (κ1) is 31.7. The number of benzene rings is 2. The fraction of sp³-hybridized carbons (Fsp3) is 0.405. The molecule has 7 rings (SSSR count). The number of aryl methyl sites for hydroxylation is 1. The van der Waals surface area contributed by atoms with Crippen molar-refractivity contribution in [2.45, 2.75) is 64.8 Å². The third kappa shape index (κ3) is 6.46. The third-order valence-corrected chi connectivity index (χ3v) is 9.11. The summed E-state index contributed by atoms with van der Waals surface area (Å²) in [7, 11) is 2.03. The number of nitrogens with one attached hydrogen (secondary N) is 1. The van der Waals surface area contributed by atoms with Crippen LogP contribution >= 0.6 is 0 Å². The van der Waals surface area contributed by atoms with Gasteiger partial charge in [-0.2, -0.15) is 0 Å². The average Bonchev–Trinajstić information content (AvgIpc) is 3.41. The molecular formula is C37H42FN7O3. The van der Waals surface area contributed by atoms with Gasteiger partial charge in [0.25, 0.3) is 5.91 Å². The quantitative estimate of drug-likeness (QED) is 0.189. The molecule has 1 fully saturated rings. The van der Waals surface area contributed by atoms with Gasteiger partial charge in [-0.05, 0) is 75.3 Å². The van der Waals surface area contributed by atoms with Gasteiger partial charge >= 0.3 is 6.09 Å². The number of carbonyl (C=O) groups is 2. The molecule has 48 heavy (non-hydrogen) atoms. The van der Waals surface area contributed by atoms with E-state index < -0.39 is 24.4 Å². The summed E-state index contributed by atoms with van der Waals surface area (Å²) >= 11 is 0. The van der Waals surface area contributed by atoms with Gasteiger partial charge in [-0.3, -0.25) is 4.79 Å². The molecule has 0 saturated heterocycles. The zero-order chi connectivity index (χ0) is 33.6. The fourth-order valence-electron chi connectivity index (χ4n) is 6.61. The number of alkyl carbamates (subject to hydrolysis) is 1. The highest BCUT2D eigenvalue weighted by Crippen LogP contribution is 2.38. The highest BCUT2D eigenvalue weighted by atomic mass is 19.1. The van der Waals surface area contributed by atoms with E-state index >= 15 is 0 Å². The SMILES string of the molecule is Cn1c(-c2cc3cccc(/C=C/Cn4ccnc4)c3n2CC2CC2)nc2cc3c(cc21)CCN(C[C@@H](CF)NC(=O)OC(C)(C)C)C3=O. The largest absolute Gasteiger partial charge is 0.444 e. The monoisotopic (exact) mass is 651 g/mol. The van der Waals surface area contributed by atoms with Crippen LogP contribution in [-0.2, 0) is 31.3 Å². The van der Waals surface area contributed by atoms with E-state index in [2.05, 4.69) is 61.9 Å². The Morgan fingerprint density at radius 3 is 2.77 bits per heavy atom. The van der Waals surface area contributed by atoms with Gasteiger partial charge in [0, 0.05) is 56.6 Å². The van der Waals surface area contributed by atoms with Gasteiger partial charge in [-0.1, -0.05) is 30.4 Å². The van der Waals surface area contributed by atoms with Gasteiger partial charge in [-0.25, -0.2) is 19.2 Å². The highest BCUT2D eigenvalue weighted by molar-refractivity contribution is 6.01. The summed E-state index contributed by atoms with van der Waals surface area (Å²) in [6.45, 7) is 6.59. The lowest BCUT2D eigenvalue weighted by atomic mass is 9.97. The Morgan fingerprint density at radius 1 is 1.21 bits per heavy atom. The van der Waals surface area contributed by atoms with Crippen molar-refractivity contribution in [2.75, 3.05) is 19.8 Å². The van der Waals surface area contributed by atoms with Crippen molar-refractivity contribution in [3.63, 3.8) is 0 Å². The molecule has 5 aromatic rings. The number of nitrogens with zero attached hydrogens (tertiary/aromatic N) is 6. The predicted octanol–water partition coefficient (Wildman–Crippen LogP) is 6.38. The lowest BCUT2D eigenvalue weighted by Crippen LogP contribution is -2.50. The summed E-state index contributed by atoms with van der Waals surface area (Å²) in [4.78, 5) is 36.8. The van der Waals surface area contributed by atoms with Crippen LogP contribution in [0.2, 0.25) is 0 Å². The standard InChI is InChI=1S/C37H42FN7O3/c1-37(2,3)48-36(47)40-28(20-38)22-44-15-12-26-17-31-30(19-29(26)35(44)46)41-34(42(31)4)32-18-27-8-5-7-25(9-6-14-43-16-13-39-23-43)33(27)45(32)21-24-10-11-24/h5-9,13,16-19,23-24,28H,10-12,14-15,20-22H2,1-4H3,(H,40,47)/b9-6+/t28-/m1/s1. The molecule has 2 aromatic carbocycles. The molecule has 1 N–H and O–H groups in total. The Kier molecular flexibility index (Phi) is 8.30. The van der Waals surface area contributed by atoms with Crippen molar-refractivity contribution in [3.8, 4) is 11.5 Å². The summed E-state index contributed by atoms with van der Waals surface area (Å²) in [5.41, 5.74) is 5.91. The molecule has 0 spiro atoms. The van der Waals surface area contributed by atoms with Gasteiger partial charge in [0.15, 0.2) is 5.82 Å². The highest BCUT2D eigenvalue weighted by Gasteiger charge is 2.30. The predicted molar refractivity (Wildman–Crippen MR) is 184 cm³/mol. The van der Waals surface area contributed by atoms with Crippen LogP contribution < -0.4 is 5.32 Å². The van der Waals surface area contributed by atoms with Crippen LogP contribution in [-0.4, -0.2) is 72.0 Å². The molecule has 2 amide bonds. The second kappa shape index (κ2) is 12.6. The molecule has 0 bridgehead atoms. The summed E-state index contributed by atoms with van der Waals surface area (Å²) in [6.07, 6.45) is 12.3. The molecule has 11 heteroatoms. The molecule has 0 radical (unpaired) electrons. The number of rotatable bonds is 10. The number of amides is 2. The second-order valence-corrected chi connectivity index (χ2v) is 14.0. The Hall–Kier alpha value is -4.93. The van der Waals surface area contributed by atoms with E-state index in [-0.39, 0.29) is 12.5 Å². The number of hydrogen-bond acceptors (Lipinski definition) is 5. The number of ether oxygens (including phenoxy) is 1. The van der Waals surface area contributed by atoms with Crippen molar-refractivity contribution < 1.29 is 18.7 Å². The number of para-hydroxylation sites is 1. The van der Waals surface area contributed by atoms with E-state index in [9.17, 15) is 14.0 Å². The van der Waals surface area contributed by atoms with Crippen molar-refractivity contribution >= 4 is 40.0 Å². The topological polar surface area (TPSA) is 99.2 Å². The van der Waals surface area contributed by atoms with Gasteiger partial charge in [0.1, 0.15) is 12.3 Å². The molecule has 4 heterocycles. The maximum atomic E-state index is 14.0. The van der Waals surface area contributed by atoms with Gasteiger partial charge < -0.3 is 28.7 Å². The number of imidazole rings is 2. The summed E-state index contributed by atoms with van der Waals surface area (Å²) in [5.74, 6) is 1.30. The Labute approximate surface area is 279 Å². The minimum absolute atomic E-state index is 0.0555. The number of fused-ring (bicyclic) bond motifs is 3. The first-order valence-corrected chi connectivity index (χ1v) is 16.7. The van der Waals surface area contributed by atoms with Gasteiger partial charge in [-0.15, -0.1) is 0 Å². The van der Waals surface area contributed by atoms with Crippen LogP contribution in [0.15, 0.2) is 61.2 Å². The molecular weight excluding hydrogens is 609 g/mol. The molecule has 250 valence electrons. The molecule has 10 nitrogen and oxygen atoms in total. The van der Waals surface area contributed by atoms with E-state index in [0.717, 1.165) is 52.2 Å². The van der Waals surface area contributed by atoms with Crippen LogP contribution in [0.25, 0.3) is 39.5 Å². The molecule has 1 saturated carbocycles. The second-order valence-electron chi connectivity index (χ2n) is 14.0. The lowest BCUT2D eigenvalue weighted by Gasteiger charge is -2.31. The van der Waals surface area contributed by atoms with Crippen LogP contribution in [0, 0.1) is 5.92 Å². The van der Waals surface area contributed by atoms with Crippen LogP contribution in [0.5, 0.6) is 0 Å². The van der Waals surface area contributed by atoms with Crippen molar-refractivity contribution in [1.82, 2.24) is 33.9 Å². The Morgan fingerprint density at radius 2 is 2.04 bits per heavy atom. The van der Waals surface area contributed by atoms with E-state index in [1.54, 1.807) is 31.9 Å². The van der Waals surface area contributed by atoms with Crippen molar-refractivity contribution in [2.24, 2.45) is 13.0 Å². The minimum atomic E-state index is -0.866. The summed E-state index contributed by atoms with van der Waals surface area (Å²) < 4.78 is 25.8. The maximum absolute atomic E-state index is 14.0. The van der Waals surface area contributed by atoms with Crippen LogP contribution in [0.3, 0.4) is 0 Å². The summed E-state index contributed by atoms with van der Waals surface area (Å²) in [6, 6.07) is 11.7. The zero-order valence-corrected chi connectivity index (χ0v) is 27.9. The number of allylic oxidation sites excluding steroid dienone is 1. The first-order valence-electron chi connectivity index (χ1n) is 16.7. The number of halogens is 1. The van der Waals surface area contributed by atoms with Crippen molar-refractivity contribution in [1.29, 1.82) is 0 Å². The number of aromatic nitrogens is 5. The van der Waals surface area contributed by atoms with Crippen LogP contribution in [0.4, 0.5) is 9.18 Å². The molecule has 1 aliphatic carbocycles. The first-order chi connectivity index (χ1) is 23.1. The van der Waals surface area contributed by atoms with E-state index in [0.29, 0.717) is 24.4 Å². The van der Waals surface area contributed by atoms with Crippen LogP contribution in [0.1, 0.15) is 55.1 Å². The molecule has 0 unspecified atom stereocenters. The Bertz CT molecular complexity index is 2010. The maximum Gasteiger partial charge on any atom is 0.408 e. The number of hydrogen-bond donors (Lipinski definition) is 1.